The monoisotopic (exact) mass is 510 g/mol. The van der Waals surface area contributed by atoms with Crippen molar-refractivity contribution >= 4 is 26.9 Å². The Hall–Kier alpha value is -2.85. The molecule has 0 aliphatic rings. The zero-order valence-corrected chi connectivity index (χ0v) is 21.1. The second-order valence-electron chi connectivity index (χ2n) is 8.62. The molecule has 1 N–H and O–H groups in total. The third-order valence-electron chi connectivity index (χ3n) is 5.92. The molecule has 2 aromatic carbocycles. The number of nitrogens with zero attached hydrogens (tertiary/aromatic N) is 1. The highest BCUT2D eigenvalue weighted by atomic mass is 32.2. The number of hydrogen-bond acceptors (Lipinski definition) is 4. The minimum atomic E-state index is -4.86. The molecule has 0 aliphatic carbocycles. The van der Waals surface area contributed by atoms with Crippen LogP contribution >= 0.6 is 0 Å². The molecule has 1 unspecified atom stereocenters. The number of carbonyl (C=O) groups excluding carboxylic acids is 1. The lowest BCUT2D eigenvalue weighted by Gasteiger charge is -2.24. The molecule has 0 aliphatic heterocycles. The molecule has 1 atom stereocenters. The van der Waals surface area contributed by atoms with Gasteiger partial charge in [-0.2, -0.15) is 17.9 Å². The summed E-state index contributed by atoms with van der Waals surface area (Å²) in [6.07, 6.45) is -4.96. The van der Waals surface area contributed by atoms with Gasteiger partial charge in [0.1, 0.15) is 6.04 Å². The molecule has 0 bridgehead atoms. The van der Waals surface area contributed by atoms with Crippen LogP contribution in [0.4, 0.5) is 13.2 Å². The molecule has 1 heterocycles. The maximum Gasteiger partial charge on any atom is 0.406 e. The number of rotatable bonds is 8. The van der Waals surface area contributed by atoms with Crippen LogP contribution in [0, 0.1) is 27.7 Å². The van der Waals surface area contributed by atoms with Crippen LogP contribution in [0.3, 0.4) is 0 Å². The molecule has 0 saturated carbocycles. The van der Waals surface area contributed by atoms with Crippen molar-refractivity contribution in [3.05, 3.63) is 64.3 Å². The minimum Gasteiger partial charge on any atom is -0.466 e. The van der Waals surface area contributed by atoms with Gasteiger partial charge in [-0.05, 0) is 57.4 Å². The first-order valence-corrected chi connectivity index (χ1v) is 12.6. The van der Waals surface area contributed by atoms with Crippen LogP contribution in [0.15, 0.2) is 41.3 Å². The van der Waals surface area contributed by atoms with Gasteiger partial charge in [-0.15, -0.1) is 0 Å². The quantitative estimate of drug-likeness (QED) is 0.438. The Morgan fingerprint density at radius 3 is 2.26 bits per heavy atom. The SMILES string of the molecule is CCOC(=O)Cc1c(C)n(CC(NS(=O)(=O)c2c(C)cc(C)cc2C)C(F)(F)F)c2ccccc12. The molecule has 0 saturated heterocycles. The average Bonchev–Trinajstić information content (AvgIpc) is 2.97. The molecule has 190 valence electrons. The number of fused-ring (bicyclic) bond motifs is 1. The smallest absolute Gasteiger partial charge is 0.406 e. The number of aryl methyl sites for hydroxylation is 3. The zero-order chi connectivity index (χ0) is 26.1. The summed E-state index contributed by atoms with van der Waals surface area (Å²) in [6.45, 7) is 7.69. The minimum absolute atomic E-state index is 0.0998. The summed E-state index contributed by atoms with van der Waals surface area (Å²) in [5, 5.41) is 0.618. The van der Waals surface area contributed by atoms with Gasteiger partial charge in [0.15, 0.2) is 0 Å². The zero-order valence-electron chi connectivity index (χ0n) is 20.3. The lowest BCUT2D eigenvalue weighted by molar-refractivity contribution is -0.154. The maximum atomic E-state index is 14.2. The van der Waals surface area contributed by atoms with Gasteiger partial charge in [0.05, 0.1) is 17.9 Å². The second kappa shape index (κ2) is 10.0. The van der Waals surface area contributed by atoms with E-state index in [0.29, 0.717) is 33.3 Å². The normalized spacial score (nSPS) is 13.3. The van der Waals surface area contributed by atoms with E-state index in [9.17, 15) is 26.4 Å². The van der Waals surface area contributed by atoms with Gasteiger partial charge in [-0.3, -0.25) is 4.79 Å². The fourth-order valence-electron chi connectivity index (χ4n) is 4.54. The van der Waals surface area contributed by atoms with E-state index in [1.165, 1.54) is 4.57 Å². The summed E-state index contributed by atoms with van der Waals surface area (Å²) in [4.78, 5) is 12.0. The van der Waals surface area contributed by atoms with Crippen LogP contribution in [-0.4, -0.2) is 37.8 Å². The van der Waals surface area contributed by atoms with Gasteiger partial charge in [0, 0.05) is 23.1 Å². The van der Waals surface area contributed by atoms with Crippen molar-refractivity contribution < 1.29 is 31.1 Å². The van der Waals surface area contributed by atoms with Crippen LogP contribution in [0.5, 0.6) is 0 Å². The standard InChI is InChI=1S/C25H29F3N2O4S/c1-6-34-23(31)13-20-18(5)30(21-10-8-7-9-19(20)21)14-22(25(26,27)28)29-35(32,33)24-16(3)11-15(2)12-17(24)4/h7-12,22,29H,6,13-14H2,1-5H3. The first-order chi connectivity index (χ1) is 16.3. The molecule has 1 aromatic heterocycles. The summed E-state index contributed by atoms with van der Waals surface area (Å²) in [5.74, 6) is -0.489. The second-order valence-corrected chi connectivity index (χ2v) is 10.3. The number of sulfonamides is 1. The van der Waals surface area contributed by atoms with Crippen LogP contribution in [0.1, 0.15) is 34.9 Å². The topological polar surface area (TPSA) is 77.4 Å². The largest absolute Gasteiger partial charge is 0.466 e. The molecule has 10 heteroatoms. The van der Waals surface area contributed by atoms with E-state index < -0.39 is 34.8 Å². The van der Waals surface area contributed by atoms with Crippen molar-refractivity contribution in [1.82, 2.24) is 9.29 Å². The molecule has 35 heavy (non-hydrogen) atoms. The molecule has 3 rings (SSSR count). The highest BCUT2D eigenvalue weighted by Gasteiger charge is 2.43. The van der Waals surface area contributed by atoms with Crippen molar-refractivity contribution in [3.8, 4) is 0 Å². The Morgan fingerprint density at radius 2 is 1.69 bits per heavy atom. The third kappa shape index (κ3) is 5.70. The van der Waals surface area contributed by atoms with E-state index in [0.717, 1.165) is 5.56 Å². The van der Waals surface area contributed by atoms with Crippen molar-refractivity contribution in [2.45, 2.75) is 64.7 Å². The molecule has 3 aromatic rings. The predicted molar refractivity (Wildman–Crippen MR) is 128 cm³/mol. The number of alkyl halides is 3. The number of para-hydroxylation sites is 1. The molecule has 0 amide bonds. The molecule has 0 spiro atoms. The number of hydrogen-bond donors (Lipinski definition) is 1. The Kier molecular flexibility index (Phi) is 7.66. The van der Waals surface area contributed by atoms with E-state index in [1.807, 2.05) is 4.72 Å². The Morgan fingerprint density at radius 1 is 1.09 bits per heavy atom. The van der Waals surface area contributed by atoms with E-state index in [1.54, 1.807) is 71.0 Å². The Labute approximate surface area is 203 Å². The first kappa shape index (κ1) is 26.7. The van der Waals surface area contributed by atoms with Crippen LogP contribution in [0.2, 0.25) is 0 Å². The van der Waals surface area contributed by atoms with Crippen molar-refractivity contribution in [2.75, 3.05) is 6.61 Å². The van der Waals surface area contributed by atoms with Gasteiger partial charge in [0.2, 0.25) is 10.0 Å². The predicted octanol–water partition coefficient (Wildman–Crippen LogP) is 4.89. The van der Waals surface area contributed by atoms with Gasteiger partial charge in [-0.25, -0.2) is 8.42 Å². The number of ether oxygens (including phenoxy) is 1. The first-order valence-electron chi connectivity index (χ1n) is 11.2. The summed E-state index contributed by atoms with van der Waals surface area (Å²) >= 11 is 0. The number of carbonyl (C=O) groups is 1. The van der Waals surface area contributed by atoms with Gasteiger partial charge in [0.25, 0.3) is 0 Å². The molecule has 0 radical (unpaired) electrons. The van der Waals surface area contributed by atoms with E-state index in [-0.39, 0.29) is 17.9 Å². The van der Waals surface area contributed by atoms with E-state index >= 15 is 0 Å². The fraction of sp³-hybridized carbons (Fsp3) is 0.400. The van der Waals surface area contributed by atoms with Crippen molar-refractivity contribution in [3.63, 3.8) is 0 Å². The third-order valence-corrected chi connectivity index (χ3v) is 7.70. The van der Waals surface area contributed by atoms with Crippen molar-refractivity contribution in [2.24, 2.45) is 0 Å². The Bertz CT molecular complexity index is 1340. The van der Waals surface area contributed by atoms with E-state index in [4.69, 9.17) is 4.74 Å². The van der Waals surface area contributed by atoms with Crippen LogP contribution in [-0.2, 0) is 32.5 Å². The Balaban J connectivity index is 2.05. The van der Waals surface area contributed by atoms with Gasteiger partial charge < -0.3 is 9.30 Å². The number of nitrogens with one attached hydrogen (secondary N) is 1. The van der Waals surface area contributed by atoms with Crippen LogP contribution < -0.4 is 4.72 Å². The summed E-state index contributed by atoms with van der Waals surface area (Å²) in [5.41, 5.74) is 3.02. The number of aromatic nitrogens is 1. The lowest BCUT2D eigenvalue weighted by atomic mass is 10.1. The van der Waals surface area contributed by atoms with Crippen LogP contribution in [0.25, 0.3) is 10.9 Å². The number of esters is 1. The maximum absolute atomic E-state index is 14.2. The average molecular weight is 511 g/mol. The molecular formula is C25H29F3N2O4S. The number of halogens is 3. The van der Waals surface area contributed by atoms with Gasteiger partial charge in [-0.1, -0.05) is 35.9 Å². The molecule has 6 nitrogen and oxygen atoms in total. The summed E-state index contributed by atoms with van der Waals surface area (Å²) in [6, 6.07) is 7.63. The highest BCUT2D eigenvalue weighted by molar-refractivity contribution is 7.89. The highest BCUT2D eigenvalue weighted by Crippen LogP contribution is 2.31. The number of benzene rings is 2. The molecule has 0 fully saturated rings. The summed E-state index contributed by atoms with van der Waals surface area (Å²) in [7, 11) is -4.48. The fourth-order valence-corrected chi connectivity index (χ4v) is 6.21. The molecular weight excluding hydrogens is 481 g/mol. The van der Waals surface area contributed by atoms with Crippen molar-refractivity contribution in [1.29, 1.82) is 0 Å². The van der Waals surface area contributed by atoms with E-state index in [2.05, 4.69) is 0 Å². The van der Waals surface area contributed by atoms with Gasteiger partial charge >= 0.3 is 12.1 Å². The summed E-state index contributed by atoms with van der Waals surface area (Å²) < 4.78 is 77.0. The lowest BCUT2D eigenvalue weighted by Crippen LogP contribution is -2.48.